The van der Waals surface area contributed by atoms with Crippen molar-refractivity contribution in [1.29, 1.82) is 0 Å². The molecule has 4 heteroatoms. The minimum Gasteiger partial charge on any atom is -0.389 e. The Labute approximate surface area is 69.1 Å². The molecule has 0 fully saturated rings. The minimum atomic E-state index is 0.381. The van der Waals surface area contributed by atoms with E-state index in [2.05, 4.69) is 4.98 Å². The smallest absolute Gasteiger partial charge is 0.105 e. The average molecular weight is 170 g/mol. The zero-order chi connectivity index (χ0) is 7.56. The summed E-state index contributed by atoms with van der Waals surface area (Å²) in [4.78, 5) is 3.21. The lowest BCUT2D eigenvalue weighted by Gasteiger charge is -1.94. The van der Waals surface area contributed by atoms with Crippen molar-refractivity contribution >= 4 is 29.4 Å². The van der Waals surface area contributed by atoms with Crippen LogP contribution in [0.1, 0.15) is 5.56 Å². The van der Waals surface area contributed by atoms with Crippen LogP contribution in [0.15, 0.2) is 18.3 Å². The van der Waals surface area contributed by atoms with Gasteiger partial charge in [0, 0.05) is 11.8 Å². The van der Waals surface area contributed by atoms with Gasteiger partial charge in [-0.25, -0.2) is 0 Å². The van der Waals surface area contributed by atoms with E-state index < -0.39 is 0 Å². The molecule has 0 unspecified atom stereocenters. The summed E-state index contributed by atoms with van der Waals surface area (Å²) >= 11 is 9.55. The first-order valence-electron chi connectivity index (χ1n) is 2.68. The van der Waals surface area contributed by atoms with Crippen molar-refractivity contribution in [1.82, 2.24) is 4.98 Å². The summed E-state index contributed by atoms with van der Waals surface area (Å²) in [5, 5.41) is 0. The second-order valence-electron chi connectivity index (χ2n) is 1.81. The summed E-state index contributed by atoms with van der Waals surface area (Å²) in [7, 11) is 0. The fourth-order valence-electron chi connectivity index (χ4n) is 0.564. The van der Waals surface area contributed by atoms with Crippen molar-refractivity contribution in [2.45, 2.75) is 0 Å². The van der Waals surface area contributed by atoms with Gasteiger partial charge in [-0.2, -0.15) is 0 Å². The molecule has 0 atom stereocenters. The van der Waals surface area contributed by atoms with E-state index in [0.29, 0.717) is 9.63 Å². The van der Waals surface area contributed by atoms with Crippen molar-refractivity contribution < 1.29 is 0 Å². The third-order valence-electron chi connectivity index (χ3n) is 1.07. The molecule has 52 valence electrons. The maximum atomic E-state index is 5.34. The Kier molecular flexibility index (Phi) is 2.13. The van der Waals surface area contributed by atoms with E-state index >= 15 is 0 Å². The monoisotopic (exact) mass is 170 g/mol. The number of H-pyrrole nitrogens is 1. The van der Waals surface area contributed by atoms with Crippen LogP contribution in [-0.4, -0.2) is 9.97 Å². The first kappa shape index (κ1) is 7.37. The van der Waals surface area contributed by atoms with E-state index in [4.69, 9.17) is 30.2 Å². The Morgan fingerprint density at radius 3 is 2.60 bits per heavy atom. The molecule has 0 aromatic carbocycles. The van der Waals surface area contributed by atoms with Gasteiger partial charge in [-0.3, -0.25) is 0 Å². The van der Waals surface area contributed by atoms with E-state index in [-0.39, 0.29) is 0 Å². The lowest BCUT2D eigenvalue weighted by molar-refractivity contribution is 1.29. The molecule has 1 aromatic rings. The maximum absolute atomic E-state index is 5.34. The zero-order valence-corrected chi connectivity index (χ0v) is 6.76. The number of pyridine rings is 1. The zero-order valence-electron chi connectivity index (χ0n) is 5.13. The van der Waals surface area contributed by atoms with Crippen LogP contribution in [0.25, 0.3) is 0 Å². The number of hydrogen-bond donors (Lipinski definition) is 2. The molecule has 10 heavy (non-hydrogen) atoms. The average Bonchev–Trinajstić information content (AvgIpc) is 1.88. The Morgan fingerprint density at radius 2 is 2.20 bits per heavy atom. The van der Waals surface area contributed by atoms with Gasteiger partial charge in [0.05, 0.1) is 0 Å². The van der Waals surface area contributed by atoms with Crippen LogP contribution in [0.4, 0.5) is 0 Å². The Morgan fingerprint density at radius 1 is 1.50 bits per heavy atom. The number of thiocarbonyl (C=S) groups is 1. The van der Waals surface area contributed by atoms with Crippen LogP contribution in [-0.2, 0) is 0 Å². The lowest BCUT2D eigenvalue weighted by Crippen LogP contribution is -2.09. The van der Waals surface area contributed by atoms with Crippen molar-refractivity contribution in [3.05, 3.63) is 28.5 Å². The molecule has 0 aliphatic carbocycles. The number of nitrogens with two attached hydrogens (primary N) is 1. The Balaban J connectivity index is 3.12. The first-order valence-corrected chi connectivity index (χ1v) is 3.50. The van der Waals surface area contributed by atoms with E-state index in [1.165, 1.54) is 0 Å². The maximum Gasteiger partial charge on any atom is 0.105 e. The molecule has 0 radical (unpaired) electrons. The second-order valence-corrected chi connectivity index (χ2v) is 2.69. The largest absolute Gasteiger partial charge is 0.389 e. The first-order chi connectivity index (χ1) is 4.70. The van der Waals surface area contributed by atoms with Crippen LogP contribution in [0, 0.1) is 4.64 Å². The van der Waals surface area contributed by atoms with Gasteiger partial charge in [0.25, 0.3) is 0 Å². The summed E-state index contributed by atoms with van der Waals surface area (Å²) in [6, 6.07) is 3.55. The summed E-state index contributed by atoms with van der Waals surface area (Å²) in [6.45, 7) is 0. The molecule has 0 aliphatic rings. The van der Waals surface area contributed by atoms with Gasteiger partial charge >= 0.3 is 0 Å². The van der Waals surface area contributed by atoms with Gasteiger partial charge in [-0.1, -0.05) is 24.4 Å². The Hall–Kier alpha value is -0.740. The van der Waals surface area contributed by atoms with Crippen LogP contribution in [0.3, 0.4) is 0 Å². The third kappa shape index (κ3) is 1.62. The highest BCUT2D eigenvalue weighted by molar-refractivity contribution is 7.80. The molecule has 3 N–H and O–H groups in total. The van der Waals surface area contributed by atoms with Crippen molar-refractivity contribution in [2.75, 3.05) is 0 Å². The fourth-order valence-corrected chi connectivity index (χ4v) is 0.818. The summed E-state index contributed by atoms with van der Waals surface area (Å²) < 4.78 is 0.681. The summed E-state index contributed by atoms with van der Waals surface area (Å²) in [5.74, 6) is 0. The number of rotatable bonds is 1. The van der Waals surface area contributed by atoms with E-state index in [9.17, 15) is 0 Å². The summed E-state index contributed by atoms with van der Waals surface area (Å²) in [5.41, 5.74) is 6.15. The number of nitrogens with one attached hydrogen (secondary N) is 1. The Bertz CT molecular complexity index is 282. The highest BCUT2D eigenvalue weighted by atomic mass is 32.1. The molecule has 1 heterocycles. The molecule has 0 saturated heterocycles. The standard InChI is InChI=1S/C6H6N2S2/c7-6(10)4-1-2-5(9)8-3-4/h1-3H,(H2,7,10)(H,8,9). The quantitative estimate of drug-likeness (QED) is 0.626. The van der Waals surface area contributed by atoms with Gasteiger partial charge in [0.2, 0.25) is 0 Å². The van der Waals surface area contributed by atoms with Crippen LogP contribution < -0.4 is 5.73 Å². The normalized spacial score (nSPS) is 9.20. The van der Waals surface area contributed by atoms with E-state index in [1.807, 2.05) is 0 Å². The number of hydrogen-bond acceptors (Lipinski definition) is 2. The molecule has 0 saturated carbocycles. The van der Waals surface area contributed by atoms with Gasteiger partial charge in [0.1, 0.15) is 9.63 Å². The predicted molar refractivity (Wildman–Crippen MR) is 47.5 cm³/mol. The van der Waals surface area contributed by atoms with E-state index in [1.54, 1.807) is 18.3 Å². The molecule has 2 nitrogen and oxygen atoms in total. The van der Waals surface area contributed by atoms with Crippen molar-refractivity contribution in [3.63, 3.8) is 0 Å². The van der Waals surface area contributed by atoms with Crippen molar-refractivity contribution in [2.24, 2.45) is 5.73 Å². The summed E-state index contributed by atoms with van der Waals surface area (Å²) in [6.07, 6.45) is 1.70. The van der Waals surface area contributed by atoms with Gasteiger partial charge in [-0.15, -0.1) is 0 Å². The minimum absolute atomic E-state index is 0.381. The van der Waals surface area contributed by atoms with Crippen molar-refractivity contribution in [3.8, 4) is 0 Å². The fraction of sp³-hybridized carbons (Fsp3) is 0. The SMILES string of the molecule is NC(=S)c1ccc(=S)[nH]c1. The third-order valence-corrected chi connectivity index (χ3v) is 1.56. The topological polar surface area (TPSA) is 41.8 Å². The second kappa shape index (κ2) is 2.90. The molecule has 0 amide bonds. The van der Waals surface area contributed by atoms with Gasteiger partial charge in [0.15, 0.2) is 0 Å². The van der Waals surface area contributed by atoms with Crippen LogP contribution in [0.2, 0.25) is 0 Å². The molecular formula is C6H6N2S2. The highest BCUT2D eigenvalue weighted by Gasteiger charge is 1.91. The molecule has 0 spiro atoms. The molecule has 1 rings (SSSR count). The number of aromatic amines is 1. The van der Waals surface area contributed by atoms with Crippen LogP contribution in [0.5, 0.6) is 0 Å². The lowest BCUT2D eigenvalue weighted by atomic mass is 10.3. The predicted octanol–water partition coefficient (Wildman–Crippen LogP) is 1.38. The van der Waals surface area contributed by atoms with E-state index in [0.717, 1.165) is 5.56 Å². The molecule has 0 aliphatic heterocycles. The molecular weight excluding hydrogens is 164 g/mol. The van der Waals surface area contributed by atoms with Gasteiger partial charge in [-0.05, 0) is 12.1 Å². The highest BCUT2D eigenvalue weighted by Crippen LogP contribution is 1.95. The van der Waals surface area contributed by atoms with Crippen LogP contribution >= 0.6 is 24.4 Å². The molecule has 1 aromatic heterocycles. The number of aromatic nitrogens is 1. The van der Waals surface area contributed by atoms with Gasteiger partial charge < -0.3 is 10.7 Å². The molecule has 0 bridgehead atoms.